The fourth-order valence-electron chi connectivity index (χ4n) is 3.66. The van der Waals surface area contributed by atoms with E-state index in [1.807, 2.05) is 31.2 Å². The van der Waals surface area contributed by atoms with Gasteiger partial charge in [0.1, 0.15) is 12.6 Å². The molecular weight excluding hydrogens is 486 g/mol. The highest BCUT2D eigenvalue weighted by atomic mass is 35.5. The van der Waals surface area contributed by atoms with E-state index in [-0.39, 0.29) is 17.3 Å². The summed E-state index contributed by atoms with van der Waals surface area (Å²) in [7, 11) is -2.61. The molecule has 184 valence electrons. The molecule has 0 bridgehead atoms. The molecule has 0 aliphatic heterocycles. The molecule has 2 amide bonds. The van der Waals surface area contributed by atoms with Gasteiger partial charge in [-0.15, -0.1) is 0 Å². The lowest BCUT2D eigenvalue weighted by atomic mass is 10.1. The van der Waals surface area contributed by atoms with Gasteiger partial charge in [0.05, 0.1) is 10.6 Å². The Kier molecular flexibility index (Phi) is 8.53. The van der Waals surface area contributed by atoms with Gasteiger partial charge in [-0.05, 0) is 55.8 Å². The van der Waals surface area contributed by atoms with Crippen LogP contribution in [-0.4, -0.2) is 44.8 Å². The monoisotopic (exact) mass is 513 g/mol. The van der Waals surface area contributed by atoms with Crippen LogP contribution in [0.2, 0.25) is 5.02 Å². The number of likely N-dealkylation sites (N-methyl/N-ethyl adjacent to an activating group) is 1. The van der Waals surface area contributed by atoms with E-state index in [9.17, 15) is 18.0 Å². The lowest BCUT2D eigenvalue weighted by Gasteiger charge is -2.31. The fourth-order valence-corrected chi connectivity index (χ4v) is 5.20. The van der Waals surface area contributed by atoms with Crippen LogP contribution >= 0.6 is 11.6 Å². The quantitative estimate of drug-likeness (QED) is 0.468. The molecular formula is C26H28ClN3O4S. The molecule has 35 heavy (non-hydrogen) atoms. The number of hydrogen-bond donors (Lipinski definition) is 1. The molecule has 0 aliphatic carbocycles. The number of para-hydroxylation sites is 1. The molecule has 0 saturated carbocycles. The topological polar surface area (TPSA) is 86.8 Å². The predicted molar refractivity (Wildman–Crippen MR) is 138 cm³/mol. The van der Waals surface area contributed by atoms with Gasteiger partial charge in [0.25, 0.3) is 10.0 Å². The van der Waals surface area contributed by atoms with Crippen LogP contribution in [0.25, 0.3) is 0 Å². The molecule has 3 rings (SSSR count). The summed E-state index contributed by atoms with van der Waals surface area (Å²) in [6.07, 6.45) is 0. The van der Waals surface area contributed by atoms with Crippen molar-refractivity contribution < 1.29 is 18.0 Å². The normalized spacial score (nSPS) is 12.0. The number of anilines is 1. The Balaban J connectivity index is 2.00. The van der Waals surface area contributed by atoms with Gasteiger partial charge in [0, 0.05) is 18.6 Å². The van der Waals surface area contributed by atoms with Gasteiger partial charge in [-0.1, -0.05) is 59.6 Å². The number of rotatable bonds is 9. The molecule has 0 radical (unpaired) electrons. The summed E-state index contributed by atoms with van der Waals surface area (Å²) in [6, 6.07) is 20.9. The fraction of sp³-hybridized carbons (Fsp3) is 0.231. The Morgan fingerprint density at radius 2 is 1.63 bits per heavy atom. The molecule has 9 heteroatoms. The van der Waals surface area contributed by atoms with Gasteiger partial charge in [-0.3, -0.25) is 13.9 Å². The Bertz CT molecular complexity index is 1280. The lowest BCUT2D eigenvalue weighted by Crippen LogP contribution is -2.50. The molecule has 0 heterocycles. The van der Waals surface area contributed by atoms with Crippen LogP contribution in [-0.2, 0) is 26.2 Å². The predicted octanol–water partition coefficient (Wildman–Crippen LogP) is 4.01. The largest absolute Gasteiger partial charge is 0.357 e. The zero-order chi connectivity index (χ0) is 25.6. The maximum atomic E-state index is 13.6. The van der Waals surface area contributed by atoms with Crippen molar-refractivity contribution in [3.63, 3.8) is 0 Å². The van der Waals surface area contributed by atoms with Gasteiger partial charge < -0.3 is 10.2 Å². The van der Waals surface area contributed by atoms with Crippen molar-refractivity contribution in [2.45, 2.75) is 31.3 Å². The van der Waals surface area contributed by atoms with Gasteiger partial charge >= 0.3 is 0 Å². The van der Waals surface area contributed by atoms with Crippen LogP contribution in [0.4, 0.5) is 5.69 Å². The van der Waals surface area contributed by atoms with Crippen molar-refractivity contribution in [1.82, 2.24) is 10.2 Å². The van der Waals surface area contributed by atoms with Crippen molar-refractivity contribution in [2.24, 2.45) is 0 Å². The molecule has 0 fully saturated rings. The number of aryl methyl sites for hydroxylation is 1. The number of hydrogen-bond acceptors (Lipinski definition) is 4. The summed E-state index contributed by atoms with van der Waals surface area (Å²) in [6.45, 7) is 3.22. The van der Waals surface area contributed by atoms with Crippen LogP contribution in [0.5, 0.6) is 0 Å². The average molecular weight is 514 g/mol. The lowest BCUT2D eigenvalue weighted by molar-refractivity contribution is -0.139. The first-order valence-electron chi connectivity index (χ1n) is 11.0. The second-order valence-corrected chi connectivity index (χ2v) is 10.4. The van der Waals surface area contributed by atoms with Gasteiger partial charge in [0.2, 0.25) is 11.8 Å². The Morgan fingerprint density at radius 3 is 2.23 bits per heavy atom. The highest BCUT2D eigenvalue weighted by Crippen LogP contribution is 2.25. The Hall–Kier alpha value is -3.36. The average Bonchev–Trinajstić information content (AvgIpc) is 2.85. The standard InChI is InChI=1S/C26H28ClN3O4S/c1-19-8-7-9-21(16-19)17-29(20(2)26(32)28-3)25(31)18-30(23-10-5-4-6-11-23)35(33,34)24-14-12-22(27)13-15-24/h4-16,20H,17-18H2,1-3H3,(H,28,32)/t20-/m1/s1. The molecule has 1 N–H and O–H groups in total. The minimum Gasteiger partial charge on any atom is -0.357 e. The first-order chi connectivity index (χ1) is 16.6. The van der Waals surface area contributed by atoms with Crippen molar-refractivity contribution in [1.29, 1.82) is 0 Å². The van der Waals surface area contributed by atoms with E-state index >= 15 is 0 Å². The number of benzene rings is 3. The van der Waals surface area contributed by atoms with E-state index in [0.29, 0.717) is 10.7 Å². The van der Waals surface area contributed by atoms with E-state index in [2.05, 4.69) is 5.32 Å². The smallest absolute Gasteiger partial charge is 0.264 e. The molecule has 0 aliphatic rings. The third kappa shape index (κ3) is 6.41. The SMILES string of the molecule is CNC(=O)[C@@H](C)N(Cc1cccc(C)c1)C(=O)CN(c1ccccc1)S(=O)(=O)c1ccc(Cl)cc1. The van der Waals surface area contributed by atoms with Crippen molar-refractivity contribution >= 4 is 39.1 Å². The Labute approximate surface area is 211 Å². The summed E-state index contributed by atoms with van der Waals surface area (Å²) >= 11 is 5.94. The third-order valence-corrected chi connectivity index (χ3v) is 7.61. The number of carbonyl (C=O) groups excluding carboxylic acids is 2. The maximum absolute atomic E-state index is 13.6. The van der Waals surface area contributed by atoms with Crippen molar-refractivity contribution in [2.75, 3.05) is 17.9 Å². The van der Waals surface area contributed by atoms with Crippen molar-refractivity contribution in [3.05, 3.63) is 95.0 Å². The first-order valence-corrected chi connectivity index (χ1v) is 12.8. The number of sulfonamides is 1. The van der Waals surface area contributed by atoms with E-state index in [4.69, 9.17) is 11.6 Å². The second-order valence-electron chi connectivity index (χ2n) is 8.10. The zero-order valence-electron chi connectivity index (χ0n) is 19.8. The number of nitrogens with zero attached hydrogens (tertiary/aromatic N) is 2. The maximum Gasteiger partial charge on any atom is 0.264 e. The molecule has 0 unspecified atom stereocenters. The summed E-state index contributed by atoms with van der Waals surface area (Å²) in [5, 5.41) is 2.96. The van der Waals surface area contributed by atoms with Gasteiger partial charge in [-0.2, -0.15) is 0 Å². The molecule has 1 atom stereocenters. The minimum absolute atomic E-state index is 0.00290. The highest BCUT2D eigenvalue weighted by molar-refractivity contribution is 7.92. The van der Waals surface area contributed by atoms with Crippen LogP contribution in [0.1, 0.15) is 18.1 Å². The Morgan fingerprint density at radius 1 is 0.971 bits per heavy atom. The minimum atomic E-state index is -4.10. The first kappa shape index (κ1) is 26.2. The van der Waals surface area contributed by atoms with Gasteiger partial charge in [-0.25, -0.2) is 8.42 Å². The summed E-state index contributed by atoms with van der Waals surface area (Å²) in [5.74, 6) is -0.859. The molecule has 0 saturated heterocycles. The van der Waals surface area contributed by atoms with Crippen LogP contribution in [0, 0.1) is 6.92 Å². The van der Waals surface area contributed by atoms with Crippen molar-refractivity contribution in [3.8, 4) is 0 Å². The van der Waals surface area contributed by atoms with E-state index < -0.39 is 28.5 Å². The number of nitrogens with one attached hydrogen (secondary N) is 1. The van der Waals surface area contributed by atoms with E-state index in [0.717, 1.165) is 15.4 Å². The van der Waals surface area contributed by atoms with Crippen LogP contribution in [0.15, 0.2) is 83.8 Å². The zero-order valence-corrected chi connectivity index (χ0v) is 21.4. The van der Waals surface area contributed by atoms with Crippen LogP contribution in [0.3, 0.4) is 0 Å². The molecule has 0 aromatic heterocycles. The van der Waals surface area contributed by atoms with Gasteiger partial charge in [0.15, 0.2) is 0 Å². The van der Waals surface area contributed by atoms with Crippen LogP contribution < -0.4 is 9.62 Å². The molecule has 0 spiro atoms. The highest BCUT2D eigenvalue weighted by Gasteiger charge is 2.32. The second kappa shape index (κ2) is 11.4. The number of carbonyl (C=O) groups is 2. The number of halogens is 1. The molecule has 7 nitrogen and oxygen atoms in total. The number of amides is 2. The third-order valence-electron chi connectivity index (χ3n) is 5.57. The van der Waals surface area contributed by atoms with E-state index in [1.165, 1.54) is 36.2 Å². The molecule has 3 aromatic carbocycles. The summed E-state index contributed by atoms with van der Waals surface area (Å²) in [4.78, 5) is 27.5. The van der Waals surface area contributed by atoms with E-state index in [1.54, 1.807) is 37.3 Å². The summed E-state index contributed by atoms with van der Waals surface area (Å²) < 4.78 is 28.2. The summed E-state index contributed by atoms with van der Waals surface area (Å²) in [5.41, 5.74) is 2.18. The molecule has 3 aromatic rings.